The fourth-order valence-corrected chi connectivity index (χ4v) is 2.45. The van der Waals surface area contributed by atoms with Gasteiger partial charge in [-0.15, -0.1) is 0 Å². The summed E-state index contributed by atoms with van der Waals surface area (Å²) in [6, 6.07) is 0. The van der Waals surface area contributed by atoms with Gasteiger partial charge in [-0.05, 0) is 0 Å². The van der Waals surface area contributed by atoms with Crippen molar-refractivity contribution in [3.63, 3.8) is 0 Å². The quantitative estimate of drug-likeness (QED) is 0.566. The van der Waals surface area contributed by atoms with Crippen molar-refractivity contribution in [1.82, 2.24) is 0 Å². The maximum absolute atomic E-state index is 12.5. The predicted octanol–water partition coefficient (Wildman–Crippen LogP) is 1.37. The number of hydrogen-bond acceptors (Lipinski definition) is 2. The normalized spacial score (nSPS) is 18.4. The molecule has 0 aliphatic carbocycles. The number of rotatable bonds is 5. The molecule has 0 saturated carbocycles. The first-order chi connectivity index (χ1) is 5.91. The van der Waals surface area contributed by atoms with Crippen molar-refractivity contribution >= 4 is 20.2 Å². The summed E-state index contributed by atoms with van der Waals surface area (Å²) in [7, 11) is 0.858. The molecule has 0 saturated heterocycles. The average Bonchev–Trinajstić information content (AvgIpc) is 2.12. The van der Waals surface area contributed by atoms with Gasteiger partial charge in [0.15, 0.2) is 0 Å². The molecule has 0 spiro atoms. The summed E-state index contributed by atoms with van der Waals surface area (Å²) in [5, 5.41) is 0. The van der Waals surface area contributed by atoms with Gasteiger partial charge in [0.25, 0.3) is 0 Å². The van der Waals surface area contributed by atoms with Gasteiger partial charge in [0.2, 0.25) is 0 Å². The summed E-state index contributed by atoms with van der Waals surface area (Å²) in [6.07, 6.45) is -9.96. The van der Waals surface area contributed by atoms with Crippen molar-refractivity contribution in [2.75, 3.05) is 7.11 Å². The van der Waals surface area contributed by atoms with E-state index in [-0.39, 0.29) is 0 Å². The summed E-state index contributed by atoms with van der Waals surface area (Å²) in [5.74, 6) is 0. The Hall–Kier alpha value is 0.209. The molecule has 0 amide bonds. The van der Waals surface area contributed by atoms with E-state index < -0.39 is 43.1 Å². The van der Waals surface area contributed by atoms with Gasteiger partial charge < -0.3 is 0 Å². The molecule has 0 rings (SSSR count). The third-order valence-corrected chi connectivity index (χ3v) is 4.59. The maximum atomic E-state index is 12.5. The van der Waals surface area contributed by atoms with Crippen LogP contribution < -0.4 is 0 Å². The van der Waals surface area contributed by atoms with Crippen molar-refractivity contribution < 1.29 is 28.1 Å². The van der Waals surface area contributed by atoms with Gasteiger partial charge in [-0.3, -0.25) is 0 Å². The Bertz CT molecular complexity index is 178. The van der Waals surface area contributed by atoms with Crippen LogP contribution in [-0.4, -0.2) is 50.2 Å². The predicted molar refractivity (Wildman–Crippen MR) is 34.1 cm³/mol. The van der Waals surface area contributed by atoms with Gasteiger partial charge in [-0.2, -0.15) is 0 Å². The van der Waals surface area contributed by atoms with Crippen LogP contribution in [0.3, 0.4) is 0 Å². The van der Waals surface area contributed by atoms with Crippen molar-refractivity contribution in [1.29, 1.82) is 0 Å². The van der Waals surface area contributed by atoms with Gasteiger partial charge in [-0.25, -0.2) is 0 Å². The molecular formula is C5H7F5O2Sn. The van der Waals surface area contributed by atoms with Crippen LogP contribution in [0.5, 0.6) is 0 Å². The number of alkyl halides is 5. The topological polar surface area (TPSA) is 26.3 Å². The van der Waals surface area contributed by atoms with Crippen LogP contribution >= 0.6 is 0 Å². The second kappa shape index (κ2) is 5.84. The fraction of sp³-hybridized carbons (Fsp3) is 1.00. The first-order valence-corrected chi connectivity index (χ1v) is 7.17. The molecular weight excluding hydrogens is 306 g/mol. The molecule has 0 aliphatic rings. The second-order valence-electron chi connectivity index (χ2n) is 2.15. The molecule has 0 aromatic heterocycles. The zero-order valence-electron chi connectivity index (χ0n) is 6.52. The fourth-order valence-electron chi connectivity index (χ4n) is 0.543. The van der Waals surface area contributed by atoms with Crippen molar-refractivity contribution in [2.24, 2.45) is 0 Å². The van der Waals surface area contributed by atoms with Crippen LogP contribution in [-0.2, 0) is 6.15 Å². The van der Waals surface area contributed by atoms with Crippen molar-refractivity contribution in [3.05, 3.63) is 0 Å². The SMILES string of the molecule is C[O][Sn](=[O])[CH](F)C(F)C(F)C(F)F. The van der Waals surface area contributed by atoms with Gasteiger partial charge in [0.05, 0.1) is 0 Å². The Kier molecular flexibility index (Phi) is 5.93. The van der Waals surface area contributed by atoms with Gasteiger partial charge in [-0.1, -0.05) is 0 Å². The molecule has 78 valence electrons. The monoisotopic (exact) mass is 314 g/mol. The molecule has 0 N–H and O–H groups in total. The standard InChI is InChI=1S/C4H4F5.CH3O.O.Sn/c5-1-2(6)3(7)4(8)9;1-2;;/h1-4H;1H3;;/q;-1;;+1. The van der Waals surface area contributed by atoms with E-state index in [9.17, 15) is 25.0 Å². The molecule has 8 heteroatoms. The molecule has 3 atom stereocenters. The second-order valence-corrected chi connectivity index (χ2v) is 6.71. The molecule has 0 fully saturated rings. The Morgan fingerprint density at radius 1 is 1.08 bits per heavy atom. The first kappa shape index (κ1) is 13.2. The minimum atomic E-state index is -4.34. The number of hydrogen-bond donors (Lipinski definition) is 0. The molecule has 0 bridgehead atoms. The van der Waals surface area contributed by atoms with Crippen LogP contribution in [0.1, 0.15) is 0 Å². The molecule has 2 nitrogen and oxygen atoms in total. The molecule has 3 unspecified atom stereocenters. The Balaban J connectivity index is 4.24. The van der Waals surface area contributed by atoms with E-state index in [2.05, 4.69) is 3.07 Å². The van der Waals surface area contributed by atoms with Gasteiger partial charge in [0.1, 0.15) is 0 Å². The molecule has 0 aromatic carbocycles. The third-order valence-electron chi connectivity index (χ3n) is 1.25. The molecule has 0 aliphatic heterocycles. The number of halogens is 5. The van der Waals surface area contributed by atoms with E-state index in [1.54, 1.807) is 0 Å². The minimum absolute atomic E-state index is 0.858. The molecule has 13 heavy (non-hydrogen) atoms. The van der Waals surface area contributed by atoms with Crippen molar-refractivity contribution in [3.8, 4) is 0 Å². The van der Waals surface area contributed by atoms with E-state index in [1.165, 1.54) is 0 Å². The third kappa shape index (κ3) is 3.84. The van der Waals surface area contributed by atoms with Gasteiger partial charge in [0, 0.05) is 0 Å². The van der Waals surface area contributed by atoms with Crippen molar-refractivity contribution in [2.45, 2.75) is 23.0 Å². The summed E-state index contributed by atoms with van der Waals surface area (Å²) in [5.41, 5.74) is 0. The van der Waals surface area contributed by atoms with E-state index in [0.717, 1.165) is 7.11 Å². The van der Waals surface area contributed by atoms with Crippen LogP contribution in [0.15, 0.2) is 0 Å². The zero-order valence-corrected chi connectivity index (χ0v) is 9.37. The summed E-state index contributed by atoms with van der Waals surface area (Å²) < 4.78 is 71.8. The van der Waals surface area contributed by atoms with Crippen LogP contribution in [0.2, 0.25) is 0 Å². The van der Waals surface area contributed by atoms with E-state index in [0.29, 0.717) is 0 Å². The molecule has 0 aromatic rings. The Labute approximate surface area is 78.7 Å². The van der Waals surface area contributed by atoms with Crippen LogP contribution in [0.25, 0.3) is 0 Å². The molecule has 0 heterocycles. The van der Waals surface area contributed by atoms with E-state index in [1.807, 2.05) is 0 Å². The average molecular weight is 313 g/mol. The summed E-state index contributed by atoms with van der Waals surface area (Å²) in [6.45, 7) is 0. The Morgan fingerprint density at radius 3 is 1.85 bits per heavy atom. The zero-order chi connectivity index (χ0) is 10.6. The summed E-state index contributed by atoms with van der Waals surface area (Å²) >= 11 is -4.34. The van der Waals surface area contributed by atoms with Crippen LogP contribution in [0.4, 0.5) is 22.0 Å². The molecule has 0 radical (unpaired) electrons. The van der Waals surface area contributed by atoms with Gasteiger partial charge >= 0.3 is 78.3 Å². The first-order valence-electron chi connectivity index (χ1n) is 3.20. The summed E-state index contributed by atoms with van der Waals surface area (Å²) in [4.78, 5) is 0. The van der Waals surface area contributed by atoms with Crippen LogP contribution in [0, 0.1) is 0 Å². The van der Waals surface area contributed by atoms with E-state index in [4.69, 9.17) is 0 Å². The Morgan fingerprint density at radius 2 is 1.54 bits per heavy atom. The van der Waals surface area contributed by atoms with E-state index >= 15 is 0 Å².